The minimum atomic E-state index is -0.222. The Morgan fingerprint density at radius 1 is 1.04 bits per heavy atom. The fourth-order valence-corrected chi connectivity index (χ4v) is 4.50. The molecule has 1 aliphatic rings. The smallest absolute Gasteiger partial charge is 0.258 e. The first-order valence-electron chi connectivity index (χ1n) is 9.03. The number of nitrogens with one attached hydrogen (secondary N) is 1. The van der Waals surface area contributed by atoms with Crippen LogP contribution in [-0.4, -0.2) is 15.8 Å². The first-order valence-corrected chi connectivity index (χ1v) is 9.91. The lowest BCUT2D eigenvalue weighted by Gasteiger charge is -2.22. The van der Waals surface area contributed by atoms with Crippen LogP contribution in [0.2, 0.25) is 0 Å². The number of hydrogen-bond acceptors (Lipinski definition) is 5. The minimum Gasteiger partial charge on any atom is -0.469 e. The number of pyridine rings is 1. The first kappa shape index (κ1) is 16.9. The van der Waals surface area contributed by atoms with Crippen molar-refractivity contribution >= 4 is 17.1 Å². The third-order valence-corrected chi connectivity index (χ3v) is 5.93. The summed E-state index contributed by atoms with van der Waals surface area (Å²) in [7, 11) is 0. The molecule has 0 fully saturated rings. The SMILES string of the molecule is O=C1CC(c2ccco2)Cc2[nH]c(=O)c(-c3nc(-c4ccccc4)cs3)cc21. The maximum absolute atomic E-state index is 12.7. The number of furan rings is 1. The molecule has 1 aliphatic carbocycles. The van der Waals surface area contributed by atoms with Crippen molar-refractivity contribution in [2.24, 2.45) is 0 Å². The zero-order valence-corrected chi connectivity index (χ0v) is 15.7. The quantitative estimate of drug-likeness (QED) is 0.553. The highest BCUT2D eigenvalue weighted by Gasteiger charge is 2.29. The monoisotopic (exact) mass is 388 g/mol. The molecule has 3 heterocycles. The molecule has 0 saturated carbocycles. The molecule has 0 radical (unpaired) electrons. The number of fused-ring (bicyclic) bond motifs is 1. The standard InChI is InChI=1S/C22H16N2O3S/c25-19-10-14(20-7-4-8-27-20)9-17-15(19)11-16(21(26)23-17)22-24-18(12-28-22)13-5-2-1-3-6-13/h1-8,11-12,14H,9-10H2,(H,23,26). The number of thiazole rings is 1. The van der Waals surface area contributed by atoms with E-state index in [9.17, 15) is 9.59 Å². The number of carbonyl (C=O) groups is 1. The molecule has 5 rings (SSSR count). The Bertz CT molecular complexity index is 1210. The van der Waals surface area contributed by atoms with Gasteiger partial charge in [-0.1, -0.05) is 30.3 Å². The second kappa shape index (κ2) is 6.73. The van der Waals surface area contributed by atoms with Crippen LogP contribution in [0.3, 0.4) is 0 Å². The van der Waals surface area contributed by atoms with E-state index < -0.39 is 0 Å². The van der Waals surface area contributed by atoms with Gasteiger partial charge in [0.2, 0.25) is 0 Å². The Balaban J connectivity index is 1.52. The largest absolute Gasteiger partial charge is 0.469 e. The third kappa shape index (κ3) is 2.92. The molecule has 0 spiro atoms. The van der Waals surface area contributed by atoms with Crippen molar-refractivity contribution < 1.29 is 9.21 Å². The molecule has 4 aromatic rings. The van der Waals surface area contributed by atoms with Gasteiger partial charge in [-0.15, -0.1) is 11.3 Å². The molecular weight excluding hydrogens is 372 g/mol. The Hall–Kier alpha value is -3.25. The summed E-state index contributed by atoms with van der Waals surface area (Å²) in [5, 5.41) is 2.54. The average molecular weight is 388 g/mol. The van der Waals surface area contributed by atoms with Gasteiger partial charge in [-0.05, 0) is 24.6 Å². The van der Waals surface area contributed by atoms with E-state index in [0.29, 0.717) is 34.7 Å². The van der Waals surface area contributed by atoms with E-state index in [0.717, 1.165) is 17.0 Å². The van der Waals surface area contributed by atoms with Crippen molar-refractivity contribution in [3.8, 4) is 21.8 Å². The highest BCUT2D eigenvalue weighted by Crippen LogP contribution is 2.34. The van der Waals surface area contributed by atoms with Crippen LogP contribution in [0.1, 0.15) is 34.2 Å². The molecule has 0 bridgehead atoms. The van der Waals surface area contributed by atoms with Crippen LogP contribution in [0.5, 0.6) is 0 Å². The van der Waals surface area contributed by atoms with E-state index in [1.165, 1.54) is 11.3 Å². The number of benzene rings is 1. The lowest BCUT2D eigenvalue weighted by atomic mass is 9.84. The number of carbonyl (C=O) groups excluding carboxylic acids is 1. The Kier molecular flexibility index (Phi) is 4.06. The Morgan fingerprint density at radius 2 is 1.89 bits per heavy atom. The van der Waals surface area contributed by atoms with Crippen LogP contribution in [0.15, 0.2) is 69.4 Å². The summed E-state index contributed by atoms with van der Waals surface area (Å²) in [5.74, 6) is 0.748. The Labute approximate surface area is 164 Å². The highest BCUT2D eigenvalue weighted by molar-refractivity contribution is 7.13. The van der Waals surface area contributed by atoms with Crippen LogP contribution in [-0.2, 0) is 6.42 Å². The number of hydrogen-bond donors (Lipinski definition) is 1. The molecule has 138 valence electrons. The summed E-state index contributed by atoms with van der Waals surface area (Å²) in [4.78, 5) is 33.0. The molecule has 1 aromatic carbocycles. The van der Waals surface area contributed by atoms with E-state index in [-0.39, 0.29) is 17.3 Å². The summed E-state index contributed by atoms with van der Waals surface area (Å²) < 4.78 is 5.45. The van der Waals surface area contributed by atoms with Gasteiger partial charge in [0.15, 0.2) is 5.78 Å². The number of ketones is 1. The van der Waals surface area contributed by atoms with E-state index in [2.05, 4.69) is 9.97 Å². The number of H-pyrrole nitrogens is 1. The summed E-state index contributed by atoms with van der Waals surface area (Å²) in [5.41, 5.74) is 3.29. The third-order valence-electron chi connectivity index (χ3n) is 5.06. The minimum absolute atomic E-state index is 0.0139. The van der Waals surface area contributed by atoms with Gasteiger partial charge < -0.3 is 9.40 Å². The molecule has 0 saturated heterocycles. The average Bonchev–Trinajstić information content (AvgIpc) is 3.40. The van der Waals surface area contributed by atoms with Crippen LogP contribution in [0.25, 0.3) is 21.8 Å². The molecule has 1 unspecified atom stereocenters. The number of aromatic amines is 1. The van der Waals surface area contributed by atoms with Crippen molar-refractivity contribution in [3.63, 3.8) is 0 Å². The van der Waals surface area contributed by atoms with Crippen LogP contribution < -0.4 is 5.56 Å². The van der Waals surface area contributed by atoms with Crippen LogP contribution in [0, 0.1) is 0 Å². The molecule has 0 amide bonds. The topological polar surface area (TPSA) is 76.0 Å². The molecule has 1 atom stereocenters. The first-order chi connectivity index (χ1) is 13.7. The lowest BCUT2D eigenvalue weighted by Crippen LogP contribution is -2.24. The van der Waals surface area contributed by atoms with Gasteiger partial charge in [-0.3, -0.25) is 9.59 Å². The zero-order chi connectivity index (χ0) is 19.1. The van der Waals surface area contributed by atoms with Gasteiger partial charge in [-0.2, -0.15) is 0 Å². The molecule has 0 aliphatic heterocycles. The van der Waals surface area contributed by atoms with Crippen molar-refractivity contribution in [2.45, 2.75) is 18.8 Å². The van der Waals surface area contributed by atoms with Crippen molar-refractivity contribution in [2.75, 3.05) is 0 Å². The molecule has 5 nitrogen and oxygen atoms in total. The molecule has 28 heavy (non-hydrogen) atoms. The van der Waals surface area contributed by atoms with Gasteiger partial charge in [0.1, 0.15) is 10.8 Å². The van der Waals surface area contributed by atoms with Gasteiger partial charge >= 0.3 is 0 Å². The second-order valence-corrected chi connectivity index (χ2v) is 7.71. The molecule has 3 aromatic heterocycles. The van der Waals surface area contributed by atoms with Crippen LogP contribution >= 0.6 is 11.3 Å². The normalized spacial score (nSPS) is 16.1. The van der Waals surface area contributed by atoms with E-state index in [1.807, 2.05) is 47.8 Å². The number of Topliss-reactive ketones (excluding diaryl/α,β-unsaturated/α-hetero) is 1. The summed E-state index contributed by atoms with van der Waals surface area (Å²) >= 11 is 1.40. The predicted molar refractivity (Wildman–Crippen MR) is 108 cm³/mol. The van der Waals surface area contributed by atoms with Crippen molar-refractivity contribution in [3.05, 3.63) is 87.5 Å². The Morgan fingerprint density at radius 3 is 2.68 bits per heavy atom. The van der Waals surface area contributed by atoms with Gasteiger partial charge in [0.05, 0.1) is 17.5 Å². The van der Waals surface area contributed by atoms with Crippen molar-refractivity contribution in [1.29, 1.82) is 0 Å². The predicted octanol–water partition coefficient (Wildman–Crippen LogP) is 4.67. The summed E-state index contributed by atoms with van der Waals surface area (Å²) in [6.07, 6.45) is 2.56. The highest BCUT2D eigenvalue weighted by atomic mass is 32.1. The van der Waals surface area contributed by atoms with E-state index in [4.69, 9.17) is 4.42 Å². The van der Waals surface area contributed by atoms with E-state index in [1.54, 1.807) is 12.3 Å². The second-order valence-electron chi connectivity index (χ2n) is 6.85. The lowest BCUT2D eigenvalue weighted by molar-refractivity contribution is 0.0959. The summed E-state index contributed by atoms with van der Waals surface area (Å²) in [6, 6.07) is 15.2. The zero-order valence-electron chi connectivity index (χ0n) is 14.8. The maximum Gasteiger partial charge on any atom is 0.258 e. The fourth-order valence-electron chi connectivity index (χ4n) is 3.65. The van der Waals surface area contributed by atoms with Crippen molar-refractivity contribution in [1.82, 2.24) is 9.97 Å². The van der Waals surface area contributed by atoms with E-state index >= 15 is 0 Å². The van der Waals surface area contributed by atoms with Gasteiger partial charge in [0.25, 0.3) is 5.56 Å². The number of aromatic nitrogens is 2. The van der Waals surface area contributed by atoms with Crippen LogP contribution in [0.4, 0.5) is 0 Å². The number of nitrogens with zero attached hydrogens (tertiary/aromatic N) is 1. The maximum atomic E-state index is 12.7. The molecule has 1 N–H and O–H groups in total. The van der Waals surface area contributed by atoms with Gasteiger partial charge in [-0.25, -0.2) is 4.98 Å². The van der Waals surface area contributed by atoms with Gasteiger partial charge in [0, 0.05) is 34.5 Å². The fraction of sp³-hybridized carbons (Fsp3) is 0.136. The molecular formula is C22H16N2O3S. The molecule has 6 heteroatoms. The summed E-state index contributed by atoms with van der Waals surface area (Å²) in [6.45, 7) is 0. The number of rotatable bonds is 3.